The van der Waals surface area contributed by atoms with Crippen LogP contribution in [0, 0.1) is 0 Å². The van der Waals surface area contributed by atoms with E-state index in [1.807, 2.05) is 30.3 Å². The molecular formula is C11H8ClNO2. The van der Waals surface area contributed by atoms with Crippen LogP contribution in [-0.2, 0) is 0 Å². The first kappa shape index (κ1) is 9.93. The molecule has 4 heteroatoms. The van der Waals surface area contributed by atoms with Crippen LogP contribution in [0.5, 0.6) is 0 Å². The molecule has 76 valence electrons. The maximum atomic E-state index is 11.3. The van der Waals surface area contributed by atoms with E-state index in [4.69, 9.17) is 11.6 Å². The van der Waals surface area contributed by atoms with Gasteiger partial charge in [-0.3, -0.25) is 9.59 Å². The van der Waals surface area contributed by atoms with Gasteiger partial charge in [-0.25, -0.2) is 0 Å². The summed E-state index contributed by atoms with van der Waals surface area (Å²) >= 11 is 5.67. The van der Waals surface area contributed by atoms with Crippen molar-refractivity contribution < 1.29 is 0 Å². The van der Waals surface area contributed by atoms with E-state index >= 15 is 0 Å². The fraction of sp³-hybridized carbons (Fsp3) is 0.0909. The third kappa shape index (κ3) is 1.45. The molecule has 0 unspecified atom stereocenters. The molecule has 0 fully saturated rings. The molecule has 2 aromatic rings. The van der Waals surface area contributed by atoms with Crippen molar-refractivity contribution >= 4 is 23.0 Å². The Bertz CT molecular complexity index is 555. The van der Waals surface area contributed by atoms with Gasteiger partial charge in [0, 0.05) is 12.7 Å². The van der Waals surface area contributed by atoms with Gasteiger partial charge in [-0.2, -0.15) is 0 Å². The fourth-order valence-corrected chi connectivity index (χ4v) is 1.73. The summed E-state index contributed by atoms with van der Waals surface area (Å²) in [5.74, 6) is 0. The Labute approximate surface area is 91.2 Å². The van der Waals surface area contributed by atoms with Gasteiger partial charge in [0.1, 0.15) is 10.7 Å². The van der Waals surface area contributed by atoms with Crippen LogP contribution < -0.4 is 15.8 Å². The lowest BCUT2D eigenvalue weighted by atomic mass is 10.2. The topological polar surface area (TPSA) is 37.4 Å². The Kier molecular flexibility index (Phi) is 2.32. The fourth-order valence-electron chi connectivity index (χ4n) is 1.43. The first-order valence-corrected chi connectivity index (χ1v) is 4.78. The molecular weight excluding hydrogens is 214 g/mol. The van der Waals surface area contributed by atoms with Gasteiger partial charge in [-0.15, -0.1) is 0 Å². The average molecular weight is 222 g/mol. The van der Waals surface area contributed by atoms with Gasteiger partial charge in [0.2, 0.25) is 5.43 Å². The van der Waals surface area contributed by atoms with Crippen molar-refractivity contribution in [3.8, 4) is 0 Å². The van der Waals surface area contributed by atoms with Crippen LogP contribution in [0.15, 0.2) is 39.9 Å². The molecule has 0 N–H and O–H groups in total. The predicted octanol–water partition coefficient (Wildman–Crippen LogP) is 1.70. The van der Waals surface area contributed by atoms with Gasteiger partial charge in [-0.05, 0) is 12.1 Å². The largest absolute Gasteiger partial charge is 0.340 e. The van der Waals surface area contributed by atoms with E-state index in [9.17, 15) is 9.59 Å². The zero-order valence-corrected chi connectivity index (χ0v) is 8.78. The lowest BCUT2D eigenvalue weighted by Gasteiger charge is -2.20. The van der Waals surface area contributed by atoms with Crippen LogP contribution in [-0.4, -0.2) is 7.05 Å². The zero-order valence-electron chi connectivity index (χ0n) is 8.03. The van der Waals surface area contributed by atoms with Gasteiger partial charge >= 0.3 is 0 Å². The van der Waals surface area contributed by atoms with E-state index < -0.39 is 10.9 Å². The lowest BCUT2D eigenvalue weighted by Crippen LogP contribution is -2.37. The summed E-state index contributed by atoms with van der Waals surface area (Å²) in [7, 11) is 1.71. The van der Waals surface area contributed by atoms with Gasteiger partial charge in [0.15, 0.2) is 0 Å². The average Bonchev–Trinajstić information content (AvgIpc) is 2.30. The maximum Gasteiger partial charge on any atom is 0.252 e. The second-order valence-corrected chi connectivity index (χ2v) is 3.59. The quantitative estimate of drug-likeness (QED) is 0.725. The van der Waals surface area contributed by atoms with Crippen LogP contribution in [0.2, 0.25) is 5.02 Å². The summed E-state index contributed by atoms with van der Waals surface area (Å²) in [6.45, 7) is 0. The smallest absolute Gasteiger partial charge is 0.252 e. The molecule has 15 heavy (non-hydrogen) atoms. The Morgan fingerprint density at radius 1 is 1.07 bits per heavy atom. The summed E-state index contributed by atoms with van der Waals surface area (Å²) in [5.41, 5.74) is -0.0276. The van der Waals surface area contributed by atoms with Crippen molar-refractivity contribution in [3.05, 3.63) is 55.8 Å². The predicted molar refractivity (Wildman–Crippen MR) is 60.9 cm³/mol. The van der Waals surface area contributed by atoms with Gasteiger partial charge in [0.05, 0.1) is 0 Å². The molecule has 0 aromatic heterocycles. The van der Waals surface area contributed by atoms with Crippen molar-refractivity contribution in [2.75, 3.05) is 11.9 Å². The number of hydrogen-bond acceptors (Lipinski definition) is 3. The highest BCUT2D eigenvalue weighted by Crippen LogP contribution is 2.25. The molecule has 2 aromatic carbocycles. The molecule has 0 saturated heterocycles. The van der Waals surface area contributed by atoms with E-state index in [2.05, 4.69) is 0 Å². The van der Waals surface area contributed by atoms with Crippen LogP contribution in [0.4, 0.5) is 11.4 Å². The minimum absolute atomic E-state index is 0.0198. The normalized spacial score (nSPS) is 10.5. The molecule has 0 radical (unpaired) electrons. The Morgan fingerprint density at radius 2 is 1.67 bits per heavy atom. The Balaban J connectivity index is 2.43. The molecule has 0 aliphatic rings. The molecule has 0 atom stereocenters. The number of benzene rings is 1. The molecule has 3 nitrogen and oxygen atoms in total. The van der Waals surface area contributed by atoms with Gasteiger partial charge in [0.25, 0.3) is 5.43 Å². The minimum atomic E-state index is -0.602. The molecule has 0 spiro atoms. The first-order valence-electron chi connectivity index (χ1n) is 4.40. The first-order chi connectivity index (χ1) is 7.13. The van der Waals surface area contributed by atoms with Crippen molar-refractivity contribution in [1.29, 1.82) is 0 Å². The van der Waals surface area contributed by atoms with E-state index in [1.165, 1.54) is 0 Å². The van der Waals surface area contributed by atoms with Crippen LogP contribution in [0.1, 0.15) is 0 Å². The second kappa shape index (κ2) is 3.51. The van der Waals surface area contributed by atoms with Crippen LogP contribution in [0.3, 0.4) is 0 Å². The van der Waals surface area contributed by atoms with Crippen LogP contribution >= 0.6 is 11.6 Å². The summed E-state index contributed by atoms with van der Waals surface area (Å²) < 4.78 is 0. The summed E-state index contributed by atoms with van der Waals surface area (Å²) in [4.78, 5) is 23.8. The standard InChI is InChI=1S/C11H8ClNO2/c1-13(7-5-3-2-4-6-7)9-8(12)10(14)11(9)15/h2-6H,1H3. The number of hydrogen-bond donors (Lipinski definition) is 0. The molecule has 2 rings (SSSR count). The highest BCUT2D eigenvalue weighted by molar-refractivity contribution is 6.34. The van der Waals surface area contributed by atoms with E-state index in [1.54, 1.807) is 11.9 Å². The minimum Gasteiger partial charge on any atom is -0.340 e. The molecule has 0 bridgehead atoms. The number of rotatable bonds is 2. The van der Waals surface area contributed by atoms with Crippen molar-refractivity contribution in [2.45, 2.75) is 0 Å². The van der Waals surface area contributed by atoms with E-state index in [-0.39, 0.29) is 10.7 Å². The van der Waals surface area contributed by atoms with Crippen LogP contribution in [0.25, 0.3) is 0 Å². The number of anilines is 2. The second-order valence-electron chi connectivity index (χ2n) is 3.22. The molecule has 0 heterocycles. The van der Waals surface area contributed by atoms with E-state index in [0.717, 1.165) is 5.69 Å². The highest BCUT2D eigenvalue weighted by atomic mass is 35.5. The van der Waals surface area contributed by atoms with Gasteiger partial charge < -0.3 is 4.90 Å². The van der Waals surface area contributed by atoms with Crippen molar-refractivity contribution in [2.24, 2.45) is 0 Å². The molecule has 0 amide bonds. The highest BCUT2D eigenvalue weighted by Gasteiger charge is 2.22. The molecule has 0 saturated carbocycles. The lowest BCUT2D eigenvalue weighted by molar-refractivity contribution is 1.16. The van der Waals surface area contributed by atoms with Crippen molar-refractivity contribution in [1.82, 2.24) is 0 Å². The number of para-hydroxylation sites is 1. The van der Waals surface area contributed by atoms with E-state index in [0.29, 0.717) is 0 Å². The number of halogens is 1. The molecule has 0 aliphatic heterocycles. The summed E-state index contributed by atoms with van der Waals surface area (Å²) in [5, 5.41) is 0.0198. The Morgan fingerprint density at radius 3 is 2.20 bits per heavy atom. The SMILES string of the molecule is CN(c1ccccc1)c1c(Cl)c(=O)c1=O. The number of nitrogens with zero attached hydrogens (tertiary/aromatic N) is 1. The summed E-state index contributed by atoms with van der Waals surface area (Å²) in [6.07, 6.45) is 0. The van der Waals surface area contributed by atoms with Gasteiger partial charge in [-0.1, -0.05) is 29.8 Å². The maximum absolute atomic E-state index is 11.3. The Hall–Kier alpha value is -1.61. The molecule has 0 aliphatic carbocycles. The third-order valence-electron chi connectivity index (χ3n) is 2.31. The third-order valence-corrected chi connectivity index (χ3v) is 2.66. The monoisotopic (exact) mass is 221 g/mol. The van der Waals surface area contributed by atoms with Crippen molar-refractivity contribution in [3.63, 3.8) is 0 Å². The summed E-state index contributed by atoms with van der Waals surface area (Å²) in [6, 6.07) is 9.26. The zero-order chi connectivity index (χ0) is 11.0.